The van der Waals surface area contributed by atoms with Crippen LogP contribution in [0.4, 0.5) is 0 Å². The van der Waals surface area contributed by atoms with E-state index in [0.29, 0.717) is 12.8 Å². The molecule has 2 unspecified atom stereocenters. The zero-order valence-electron chi connectivity index (χ0n) is 19.5. The Morgan fingerprint density at radius 2 is 1.10 bits per heavy atom. The number of unbranched alkanes of at least 4 members (excludes halogenated alkanes) is 15. The molecule has 0 aromatic heterocycles. The van der Waals surface area contributed by atoms with E-state index in [1.54, 1.807) is 0 Å². The number of hydrogen-bond acceptors (Lipinski definition) is 4. The van der Waals surface area contributed by atoms with Gasteiger partial charge in [-0.1, -0.05) is 110 Å². The van der Waals surface area contributed by atoms with Crippen LogP contribution in [-0.2, 0) is 9.53 Å². The summed E-state index contributed by atoms with van der Waals surface area (Å²) in [7, 11) is 0. The average molecular weight is 415 g/mol. The molecule has 0 rings (SSSR count). The molecule has 0 fully saturated rings. The lowest BCUT2D eigenvalue weighted by molar-refractivity contribution is -0.157. The first-order valence-electron chi connectivity index (χ1n) is 12.6. The van der Waals surface area contributed by atoms with Gasteiger partial charge in [-0.2, -0.15) is 0 Å². The molecule has 4 nitrogen and oxygen atoms in total. The van der Waals surface area contributed by atoms with Crippen LogP contribution in [0.1, 0.15) is 136 Å². The highest BCUT2D eigenvalue weighted by Gasteiger charge is 2.22. The van der Waals surface area contributed by atoms with Crippen molar-refractivity contribution in [1.29, 1.82) is 0 Å². The number of esters is 1. The smallest absolute Gasteiger partial charge is 0.306 e. The molecular formula is C25H50O4. The van der Waals surface area contributed by atoms with Crippen LogP contribution in [0.5, 0.6) is 0 Å². The lowest BCUT2D eigenvalue weighted by atomic mass is 10.0. The number of aliphatic hydroxyl groups excluding tert-OH is 2. The summed E-state index contributed by atoms with van der Waals surface area (Å²) >= 11 is 0. The van der Waals surface area contributed by atoms with Gasteiger partial charge in [0.15, 0.2) is 0 Å². The van der Waals surface area contributed by atoms with E-state index in [1.807, 2.05) is 0 Å². The van der Waals surface area contributed by atoms with Gasteiger partial charge in [0.1, 0.15) is 12.2 Å². The summed E-state index contributed by atoms with van der Waals surface area (Å²) in [5, 5.41) is 19.2. The van der Waals surface area contributed by atoms with Gasteiger partial charge in [-0.3, -0.25) is 4.79 Å². The van der Waals surface area contributed by atoms with E-state index in [-0.39, 0.29) is 12.6 Å². The maximum Gasteiger partial charge on any atom is 0.306 e. The fourth-order valence-electron chi connectivity index (χ4n) is 3.73. The fourth-order valence-corrected chi connectivity index (χ4v) is 3.73. The van der Waals surface area contributed by atoms with Gasteiger partial charge in [-0.15, -0.1) is 0 Å². The lowest BCUT2D eigenvalue weighted by Gasteiger charge is -2.22. The Hall–Kier alpha value is -0.610. The van der Waals surface area contributed by atoms with Gasteiger partial charge < -0.3 is 14.9 Å². The SMILES string of the molecule is CCCCCCCCCCCC(=O)OC(CCCCCCCCCC)C(O)CO. The molecule has 0 aromatic carbocycles. The Kier molecular flexibility index (Phi) is 21.6. The van der Waals surface area contributed by atoms with Crippen molar-refractivity contribution in [2.24, 2.45) is 0 Å². The fraction of sp³-hybridized carbons (Fsp3) is 0.960. The van der Waals surface area contributed by atoms with Crippen molar-refractivity contribution in [2.75, 3.05) is 6.61 Å². The molecule has 0 bridgehead atoms. The second-order valence-corrected chi connectivity index (χ2v) is 8.62. The highest BCUT2D eigenvalue weighted by molar-refractivity contribution is 5.69. The van der Waals surface area contributed by atoms with Crippen LogP contribution >= 0.6 is 0 Å². The first-order chi connectivity index (χ1) is 14.2. The minimum atomic E-state index is -0.966. The monoisotopic (exact) mass is 414 g/mol. The maximum atomic E-state index is 12.1. The number of ether oxygens (including phenoxy) is 1. The molecule has 174 valence electrons. The highest BCUT2D eigenvalue weighted by atomic mass is 16.6. The van der Waals surface area contributed by atoms with E-state index in [0.717, 1.165) is 25.7 Å². The van der Waals surface area contributed by atoms with Crippen LogP contribution in [0.3, 0.4) is 0 Å². The van der Waals surface area contributed by atoms with E-state index in [2.05, 4.69) is 13.8 Å². The summed E-state index contributed by atoms with van der Waals surface area (Å²) in [4.78, 5) is 12.1. The van der Waals surface area contributed by atoms with Crippen LogP contribution in [0.15, 0.2) is 0 Å². The Labute approximate surface area is 180 Å². The first kappa shape index (κ1) is 28.4. The van der Waals surface area contributed by atoms with Crippen molar-refractivity contribution < 1.29 is 19.7 Å². The Morgan fingerprint density at radius 1 is 0.690 bits per heavy atom. The molecule has 0 spiro atoms. The Balaban J connectivity index is 3.78. The van der Waals surface area contributed by atoms with Crippen LogP contribution in [0.2, 0.25) is 0 Å². The standard InChI is InChI=1S/C25H50O4/c1-3-5-7-9-11-13-15-17-19-21-25(28)29-24(23(27)22-26)20-18-16-14-12-10-8-6-4-2/h23-24,26-27H,3-22H2,1-2H3. The number of aliphatic hydroxyl groups is 2. The van der Waals surface area contributed by atoms with Gasteiger partial charge in [0.25, 0.3) is 0 Å². The third-order valence-corrected chi connectivity index (χ3v) is 5.73. The maximum absolute atomic E-state index is 12.1. The average Bonchev–Trinajstić information content (AvgIpc) is 2.73. The van der Waals surface area contributed by atoms with Crippen molar-refractivity contribution in [3.05, 3.63) is 0 Å². The molecule has 0 saturated heterocycles. The molecule has 0 saturated carbocycles. The van der Waals surface area contributed by atoms with Crippen LogP contribution in [0.25, 0.3) is 0 Å². The van der Waals surface area contributed by atoms with E-state index in [9.17, 15) is 15.0 Å². The summed E-state index contributed by atoms with van der Waals surface area (Å²) < 4.78 is 5.49. The lowest BCUT2D eigenvalue weighted by Crippen LogP contribution is -2.34. The predicted octanol–water partition coefficient (Wildman–Crippen LogP) is 6.70. The molecule has 0 aliphatic heterocycles. The number of carbonyl (C=O) groups is 1. The summed E-state index contributed by atoms with van der Waals surface area (Å²) in [5.74, 6) is -0.231. The van der Waals surface area contributed by atoms with Crippen molar-refractivity contribution in [2.45, 2.75) is 148 Å². The topological polar surface area (TPSA) is 66.8 Å². The largest absolute Gasteiger partial charge is 0.460 e. The van der Waals surface area contributed by atoms with Gasteiger partial charge in [-0.25, -0.2) is 0 Å². The number of hydrogen-bond donors (Lipinski definition) is 2. The van der Waals surface area contributed by atoms with Crippen LogP contribution < -0.4 is 0 Å². The predicted molar refractivity (Wildman–Crippen MR) is 122 cm³/mol. The molecular weight excluding hydrogens is 364 g/mol. The molecule has 2 N–H and O–H groups in total. The minimum absolute atomic E-state index is 0.231. The van der Waals surface area contributed by atoms with Gasteiger partial charge in [-0.05, 0) is 19.3 Å². The van der Waals surface area contributed by atoms with Crippen molar-refractivity contribution in [1.82, 2.24) is 0 Å². The third kappa shape index (κ3) is 19.1. The molecule has 0 amide bonds. The molecule has 0 heterocycles. The van der Waals surface area contributed by atoms with Crippen LogP contribution in [0, 0.1) is 0 Å². The van der Waals surface area contributed by atoms with Crippen molar-refractivity contribution in [3.63, 3.8) is 0 Å². The van der Waals surface area contributed by atoms with E-state index < -0.39 is 12.2 Å². The summed E-state index contributed by atoms with van der Waals surface area (Å²) in [6.45, 7) is 4.11. The minimum Gasteiger partial charge on any atom is -0.460 e. The molecule has 0 aliphatic rings. The number of carbonyl (C=O) groups excluding carboxylic acids is 1. The van der Waals surface area contributed by atoms with Gasteiger partial charge in [0.2, 0.25) is 0 Å². The third-order valence-electron chi connectivity index (χ3n) is 5.73. The van der Waals surface area contributed by atoms with E-state index in [4.69, 9.17) is 4.74 Å². The molecule has 29 heavy (non-hydrogen) atoms. The molecule has 0 aromatic rings. The highest BCUT2D eigenvalue weighted by Crippen LogP contribution is 2.16. The summed E-state index contributed by atoms with van der Waals surface area (Å²) in [5.41, 5.74) is 0. The Morgan fingerprint density at radius 3 is 1.55 bits per heavy atom. The molecule has 0 radical (unpaired) electrons. The van der Waals surface area contributed by atoms with E-state index >= 15 is 0 Å². The quantitative estimate of drug-likeness (QED) is 0.153. The van der Waals surface area contributed by atoms with Crippen molar-refractivity contribution >= 4 is 5.97 Å². The van der Waals surface area contributed by atoms with Crippen LogP contribution in [-0.4, -0.2) is 35.0 Å². The first-order valence-corrected chi connectivity index (χ1v) is 12.6. The van der Waals surface area contributed by atoms with Gasteiger partial charge in [0.05, 0.1) is 6.61 Å². The van der Waals surface area contributed by atoms with Gasteiger partial charge in [0, 0.05) is 6.42 Å². The Bertz CT molecular complexity index is 346. The van der Waals surface area contributed by atoms with E-state index in [1.165, 1.54) is 83.5 Å². The molecule has 2 atom stereocenters. The molecule has 0 aliphatic carbocycles. The van der Waals surface area contributed by atoms with Crippen molar-refractivity contribution in [3.8, 4) is 0 Å². The summed E-state index contributed by atoms with van der Waals surface area (Å²) in [6, 6.07) is 0. The number of rotatable bonds is 22. The summed E-state index contributed by atoms with van der Waals surface area (Å²) in [6.07, 6.45) is 20.2. The normalized spacial score (nSPS) is 13.4. The molecule has 4 heteroatoms. The zero-order chi connectivity index (χ0) is 21.6. The second-order valence-electron chi connectivity index (χ2n) is 8.62. The zero-order valence-corrected chi connectivity index (χ0v) is 19.5. The second kappa shape index (κ2) is 22.1. The van der Waals surface area contributed by atoms with Gasteiger partial charge >= 0.3 is 5.97 Å².